The van der Waals surface area contributed by atoms with Crippen molar-refractivity contribution in [3.8, 4) is 22.8 Å². The summed E-state index contributed by atoms with van der Waals surface area (Å²) in [6, 6.07) is 39.7. The Morgan fingerprint density at radius 1 is 0.796 bits per heavy atom. The lowest BCUT2D eigenvalue weighted by Gasteiger charge is -2.32. The molecule has 0 aliphatic heterocycles. The van der Waals surface area contributed by atoms with Crippen molar-refractivity contribution < 1.29 is 19.4 Å². The molecule has 1 aromatic heterocycles. The summed E-state index contributed by atoms with van der Waals surface area (Å²) < 4.78 is 12.1. The second kappa shape index (κ2) is 15.6. The number of ether oxygens (including phenoxy) is 2. The number of phenolic OH excluding ortho intramolecular Hbond substituents is 1. The van der Waals surface area contributed by atoms with Crippen molar-refractivity contribution in [2.24, 2.45) is 0 Å². The minimum atomic E-state index is -0.359. The van der Waals surface area contributed by atoms with Gasteiger partial charge in [-0.15, -0.1) is 0 Å². The number of benzene rings is 5. The normalized spacial score (nSPS) is 11.7. The standard InChI is InChI=1S/C43H44N2O4/c1-4-11-41(34-16-19-37(20-17-34)48-28-32-12-7-5-8-13-32)45(43(47)49-29-33-14-9-6-10-15-33)23-22-38-39-27-36(46)18-21-40(39)44-42(38)35-25-30(2)24-31(3)26-35/h5-10,12-21,24-27,41,44,46H,4,11,22-23,28-29H2,1-3H3. The average molecular weight is 653 g/mol. The molecular formula is C43H44N2O4. The van der Waals surface area contributed by atoms with E-state index in [2.05, 4.69) is 56.1 Å². The number of hydrogen-bond donors (Lipinski definition) is 2. The zero-order chi connectivity index (χ0) is 34.2. The molecule has 0 bridgehead atoms. The highest BCUT2D eigenvalue weighted by Gasteiger charge is 2.27. The molecule has 0 aliphatic rings. The van der Waals surface area contributed by atoms with Gasteiger partial charge in [-0.1, -0.05) is 103 Å². The van der Waals surface area contributed by atoms with E-state index < -0.39 is 0 Å². The van der Waals surface area contributed by atoms with Gasteiger partial charge in [0.15, 0.2) is 0 Å². The summed E-state index contributed by atoms with van der Waals surface area (Å²) in [5.74, 6) is 0.982. The molecule has 0 aliphatic carbocycles. The van der Waals surface area contributed by atoms with Crippen molar-refractivity contribution >= 4 is 17.0 Å². The van der Waals surface area contributed by atoms with Crippen molar-refractivity contribution in [2.45, 2.75) is 59.3 Å². The summed E-state index contributed by atoms with van der Waals surface area (Å²) >= 11 is 0. The predicted molar refractivity (Wildman–Crippen MR) is 197 cm³/mol. The number of hydrogen-bond acceptors (Lipinski definition) is 4. The van der Waals surface area contributed by atoms with Gasteiger partial charge < -0.3 is 24.5 Å². The molecule has 0 saturated carbocycles. The molecule has 0 spiro atoms. The zero-order valence-corrected chi connectivity index (χ0v) is 28.5. The lowest BCUT2D eigenvalue weighted by atomic mass is 9.97. The molecule has 1 atom stereocenters. The fraction of sp³-hybridized carbons (Fsp3) is 0.233. The van der Waals surface area contributed by atoms with Crippen LogP contribution in [0.15, 0.2) is 121 Å². The number of fused-ring (bicyclic) bond motifs is 1. The molecule has 1 amide bonds. The van der Waals surface area contributed by atoms with Gasteiger partial charge in [-0.25, -0.2) is 4.79 Å². The largest absolute Gasteiger partial charge is 0.508 e. The number of nitrogens with zero attached hydrogens (tertiary/aromatic N) is 1. The molecule has 49 heavy (non-hydrogen) atoms. The first-order valence-electron chi connectivity index (χ1n) is 17.0. The summed E-state index contributed by atoms with van der Waals surface area (Å²) in [5, 5.41) is 11.4. The predicted octanol–water partition coefficient (Wildman–Crippen LogP) is 10.5. The monoisotopic (exact) mass is 652 g/mol. The average Bonchev–Trinajstić information content (AvgIpc) is 3.47. The van der Waals surface area contributed by atoms with Gasteiger partial charge in [0.25, 0.3) is 0 Å². The van der Waals surface area contributed by atoms with E-state index in [1.807, 2.05) is 89.8 Å². The number of aromatic nitrogens is 1. The Balaban J connectivity index is 1.32. The number of nitrogens with one attached hydrogen (secondary N) is 1. The molecule has 1 heterocycles. The third kappa shape index (κ3) is 8.33. The van der Waals surface area contributed by atoms with E-state index in [-0.39, 0.29) is 24.5 Å². The van der Waals surface area contributed by atoms with E-state index >= 15 is 0 Å². The minimum Gasteiger partial charge on any atom is -0.508 e. The Kier molecular flexibility index (Phi) is 10.6. The SMILES string of the molecule is CCCC(c1ccc(OCc2ccccc2)cc1)N(CCc1c(-c2cc(C)cc(C)c2)[nH]c2ccc(O)cc12)C(=O)OCc1ccccc1. The Morgan fingerprint density at radius 3 is 2.10 bits per heavy atom. The summed E-state index contributed by atoms with van der Waals surface area (Å²) in [4.78, 5) is 19.6. The fourth-order valence-electron chi connectivity index (χ4n) is 6.57. The third-order valence-corrected chi connectivity index (χ3v) is 8.89. The van der Waals surface area contributed by atoms with Gasteiger partial charge in [0, 0.05) is 23.1 Å². The highest BCUT2D eigenvalue weighted by Crippen LogP contribution is 2.35. The van der Waals surface area contributed by atoms with E-state index in [1.165, 1.54) is 11.1 Å². The van der Waals surface area contributed by atoms with Gasteiger partial charge in [-0.2, -0.15) is 0 Å². The second-order valence-corrected chi connectivity index (χ2v) is 12.7. The summed E-state index contributed by atoms with van der Waals surface area (Å²) in [7, 11) is 0. The maximum absolute atomic E-state index is 14.1. The molecule has 1 unspecified atom stereocenters. The topological polar surface area (TPSA) is 74.8 Å². The molecule has 6 rings (SSSR count). The molecule has 0 fully saturated rings. The van der Waals surface area contributed by atoms with Gasteiger partial charge in [-0.05, 0) is 97.0 Å². The van der Waals surface area contributed by atoms with Gasteiger partial charge in [-0.3, -0.25) is 0 Å². The summed E-state index contributed by atoms with van der Waals surface area (Å²) in [6.07, 6.45) is 1.85. The van der Waals surface area contributed by atoms with Crippen molar-refractivity contribution in [1.29, 1.82) is 0 Å². The molecule has 0 saturated heterocycles. The number of aromatic amines is 1. The number of carbonyl (C=O) groups is 1. The Hall–Kier alpha value is -5.49. The molecular weight excluding hydrogens is 608 g/mol. The van der Waals surface area contributed by atoms with Crippen molar-refractivity contribution in [3.63, 3.8) is 0 Å². The lowest BCUT2D eigenvalue weighted by Crippen LogP contribution is -2.37. The van der Waals surface area contributed by atoms with Crippen LogP contribution < -0.4 is 4.74 Å². The molecule has 0 radical (unpaired) electrons. The quantitative estimate of drug-likeness (QED) is 0.130. The van der Waals surface area contributed by atoms with Crippen LogP contribution in [0, 0.1) is 13.8 Å². The van der Waals surface area contributed by atoms with Crippen molar-refractivity contribution in [3.05, 3.63) is 155 Å². The maximum Gasteiger partial charge on any atom is 0.410 e. The number of phenols is 1. The molecule has 250 valence electrons. The molecule has 2 N–H and O–H groups in total. The van der Waals surface area contributed by atoms with Crippen LogP contribution in [0.4, 0.5) is 4.79 Å². The number of H-pyrrole nitrogens is 1. The molecule has 5 aromatic carbocycles. The fourth-order valence-corrected chi connectivity index (χ4v) is 6.57. The van der Waals surface area contributed by atoms with E-state index in [0.29, 0.717) is 19.6 Å². The molecule has 6 heteroatoms. The number of amides is 1. The summed E-state index contributed by atoms with van der Waals surface area (Å²) in [5.41, 5.74) is 9.49. The van der Waals surface area contributed by atoms with Crippen LogP contribution in [0.25, 0.3) is 22.2 Å². The van der Waals surface area contributed by atoms with E-state index in [9.17, 15) is 9.90 Å². The van der Waals surface area contributed by atoms with Crippen molar-refractivity contribution in [2.75, 3.05) is 6.54 Å². The van der Waals surface area contributed by atoms with Crippen LogP contribution in [-0.4, -0.2) is 27.6 Å². The second-order valence-electron chi connectivity index (χ2n) is 12.7. The summed E-state index contributed by atoms with van der Waals surface area (Å²) in [6.45, 7) is 7.43. The smallest absolute Gasteiger partial charge is 0.410 e. The lowest BCUT2D eigenvalue weighted by molar-refractivity contribution is 0.0783. The number of rotatable bonds is 13. The first-order chi connectivity index (χ1) is 23.9. The highest BCUT2D eigenvalue weighted by atomic mass is 16.6. The first kappa shape index (κ1) is 33.4. The molecule has 6 aromatic rings. The Bertz CT molecular complexity index is 1960. The van der Waals surface area contributed by atoms with E-state index in [0.717, 1.165) is 63.0 Å². The first-order valence-corrected chi connectivity index (χ1v) is 17.0. The van der Waals surface area contributed by atoms with Crippen LogP contribution in [-0.2, 0) is 24.4 Å². The Morgan fingerprint density at radius 2 is 1.45 bits per heavy atom. The van der Waals surface area contributed by atoms with Gasteiger partial charge in [0.05, 0.1) is 6.04 Å². The van der Waals surface area contributed by atoms with Crippen LogP contribution in [0.2, 0.25) is 0 Å². The number of carbonyl (C=O) groups excluding carboxylic acids is 1. The third-order valence-electron chi connectivity index (χ3n) is 8.89. The molecule has 6 nitrogen and oxygen atoms in total. The van der Waals surface area contributed by atoms with Crippen LogP contribution in [0.3, 0.4) is 0 Å². The minimum absolute atomic E-state index is 0.191. The van der Waals surface area contributed by atoms with E-state index in [4.69, 9.17) is 9.47 Å². The Labute approximate surface area is 289 Å². The highest BCUT2D eigenvalue weighted by molar-refractivity contribution is 5.92. The number of aryl methyl sites for hydroxylation is 2. The van der Waals surface area contributed by atoms with Crippen LogP contribution in [0.1, 0.15) is 59.2 Å². The maximum atomic E-state index is 14.1. The zero-order valence-electron chi connectivity index (χ0n) is 28.5. The van der Waals surface area contributed by atoms with Gasteiger partial charge in [0.2, 0.25) is 0 Å². The van der Waals surface area contributed by atoms with Crippen LogP contribution in [0.5, 0.6) is 11.5 Å². The van der Waals surface area contributed by atoms with Crippen LogP contribution >= 0.6 is 0 Å². The van der Waals surface area contributed by atoms with Gasteiger partial charge >= 0.3 is 6.09 Å². The van der Waals surface area contributed by atoms with Gasteiger partial charge in [0.1, 0.15) is 24.7 Å². The van der Waals surface area contributed by atoms with E-state index in [1.54, 1.807) is 6.07 Å². The number of aromatic hydroxyl groups is 1. The van der Waals surface area contributed by atoms with Crippen molar-refractivity contribution in [1.82, 2.24) is 9.88 Å².